The summed E-state index contributed by atoms with van der Waals surface area (Å²) in [7, 11) is 1.77. The van der Waals surface area contributed by atoms with Crippen molar-refractivity contribution in [3.63, 3.8) is 0 Å². The van der Waals surface area contributed by atoms with E-state index in [1.54, 1.807) is 25.3 Å². The van der Waals surface area contributed by atoms with Gasteiger partial charge in [0.25, 0.3) is 0 Å². The molecule has 58 heavy (non-hydrogen) atoms. The van der Waals surface area contributed by atoms with E-state index in [2.05, 4.69) is 53.8 Å². The molecule has 7 rings (SSSR count). The molecule has 1 amide bonds. The van der Waals surface area contributed by atoms with Crippen LogP contribution in [0.25, 0.3) is 0 Å². The van der Waals surface area contributed by atoms with Crippen LogP contribution >= 0.6 is 0 Å². The number of anilines is 1. The third-order valence-electron chi connectivity index (χ3n) is 15.6. The van der Waals surface area contributed by atoms with Crippen molar-refractivity contribution in [2.75, 3.05) is 19.0 Å². The summed E-state index contributed by atoms with van der Waals surface area (Å²) in [5, 5.41) is 23.8. The summed E-state index contributed by atoms with van der Waals surface area (Å²) in [5.41, 5.74) is -0.965. The van der Waals surface area contributed by atoms with Crippen LogP contribution in [0.4, 0.5) is 10.1 Å². The second kappa shape index (κ2) is 16.9. The minimum atomic E-state index is -1.56. The van der Waals surface area contributed by atoms with Crippen LogP contribution in [0, 0.1) is 47.2 Å². The Bertz CT molecular complexity index is 1600. The zero-order valence-corrected chi connectivity index (χ0v) is 36.6. The van der Waals surface area contributed by atoms with Gasteiger partial charge < -0.3 is 48.7 Å². The summed E-state index contributed by atoms with van der Waals surface area (Å²) in [6.45, 7) is 18.6. The van der Waals surface area contributed by atoms with Crippen LogP contribution in [0.3, 0.4) is 0 Å². The van der Waals surface area contributed by atoms with Gasteiger partial charge in [-0.2, -0.15) is 0 Å². The number of aliphatic hydroxyl groups excluding tert-OH is 1. The molecule has 0 saturated carbocycles. The molecule has 0 radical (unpaired) electrons. The molecular formula is C46H72FNO10. The molecule has 0 aromatic heterocycles. The molecule has 0 bridgehead atoms. The number of para-hydroxylation sites is 1. The van der Waals surface area contributed by atoms with Gasteiger partial charge in [0, 0.05) is 37.7 Å². The number of methoxy groups -OCH3 is 1. The quantitative estimate of drug-likeness (QED) is 0.220. The highest BCUT2D eigenvalue weighted by atomic mass is 19.1. The van der Waals surface area contributed by atoms with Gasteiger partial charge in [-0.3, -0.25) is 4.79 Å². The third-order valence-corrected chi connectivity index (χ3v) is 15.6. The zero-order chi connectivity index (χ0) is 41.9. The zero-order valence-electron chi connectivity index (χ0n) is 36.6. The van der Waals surface area contributed by atoms with Crippen molar-refractivity contribution >= 4 is 11.6 Å². The molecule has 6 saturated heterocycles. The first-order valence-corrected chi connectivity index (χ1v) is 22.3. The largest absolute Gasteiger partial charge is 0.391 e. The number of amides is 1. The molecule has 3 N–H and O–H groups in total. The van der Waals surface area contributed by atoms with Gasteiger partial charge in [0.15, 0.2) is 11.6 Å². The van der Waals surface area contributed by atoms with E-state index in [0.29, 0.717) is 12.8 Å². The first kappa shape index (κ1) is 44.3. The standard InChI is InChI=1S/C46H72FNO10/c1-25-15-16-32(53-39(25)30(6)42(50)48-35-14-12-11-13-34(35)47)21-33-22-36(52-10)31(7)46(55-33)29(5)23-44(9,58-46)38-17-18-43(8,56-38)41-27(3)20-37(54-41)40-26(2)19-28(4)45(51,24-49)57-40/h11-14,25-33,36-41,49,51H,15-24H2,1-10H3,(H,48,50)/t25-,26-,27-,28+,29+,30+,31?,32+,33+,36?,37?,38?,39?,40?,41?,43-,44-,45-,46+/m0/s1. The second-order valence-corrected chi connectivity index (χ2v) is 20.0. The van der Waals surface area contributed by atoms with E-state index in [9.17, 15) is 19.4 Å². The average Bonchev–Trinajstić information content (AvgIpc) is 3.86. The van der Waals surface area contributed by atoms with Crippen LogP contribution in [0.1, 0.15) is 120 Å². The number of hydrogen-bond donors (Lipinski definition) is 3. The van der Waals surface area contributed by atoms with Crippen molar-refractivity contribution in [1.82, 2.24) is 0 Å². The van der Waals surface area contributed by atoms with Gasteiger partial charge in [-0.15, -0.1) is 0 Å². The molecule has 12 heteroatoms. The monoisotopic (exact) mass is 818 g/mol. The van der Waals surface area contributed by atoms with Crippen molar-refractivity contribution in [2.45, 2.75) is 192 Å². The summed E-state index contributed by atoms with van der Waals surface area (Å²) in [6.07, 6.45) is 5.59. The van der Waals surface area contributed by atoms with Crippen molar-refractivity contribution in [3.05, 3.63) is 30.1 Å². The maximum Gasteiger partial charge on any atom is 0.229 e. The highest BCUT2D eigenvalue weighted by molar-refractivity contribution is 5.92. The fourth-order valence-electron chi connectivity index (χ4n) is 12.1. The van der Waals surface area contributed by atoms with Crippen molar-refractivity contribution < 1.29 is 52.6 Å². The number of nitrogens with one attached hydrogen (secondary N) is 1. The molecule has 7 unspecified atom stereocenters. The van der Waals surface area contributed by atoms with Crippen LogP contribution in [-0.2, 0) is 38.0 Å². The molecule has 11 nitrogen and oxygen atoms in total. The van der Waals surface area contributed by atoms with E-state index in [1.165, 1.54) is 6.07 Å². The molecule has 0 aliphatic carbocycles. The normalized spacial score (nSPS) is 49.0. The number of halogens is 1. The van der Waals surface area contributed by atoms with E-state index in [4.69, 9.17) is 33.2 Å². The van der Waals surface area contributed by atoms with Gasteiger partial charge in [0.1, 0.15) is 5.82 Å². The van der Waals surface area contributed by atoms with E-state index in [0.717, 1.165) is 44.9 Å². The highest BCUT2D eigenvalue weighted by Crippen LogP contribution is 2.57. The Morgan fingerprint density at radius 2 is 1.66 bits per heavy atom. The molecule has 1 aromatic rings. The second-order valence-electron chi connectivity index (χ2n) is 20.0. The number of hydrogen-bond acceptors (Lipinski definition) is 10. The summed E-state index contributed by atoms with van der Waals surface area (Å²) < 4.78 is 61.9. The van der Waals surface area contributed by atoms with Gasteiger partial charge in [-0.25, -0.2) is 4.39 Å². The smallest absolute Gasteiger partial charge is 0.229 e. The lowest BCUT2D eigenvalue weighted by molar-refractivity contribution is -0.353. The average molecular weight is 818 g/mol. The van der Waals surface area contributed by atoms with Crippen molar-refractivity contribution in [3.8, 4) is 0 Å². The maximum atomic E-state index is 14.4. The van der Waals surface area contributed by atoms with E-state index in [1.807, 2.05) is 13.8 Å². The van der Waals surface area contributed by atoms with Gasteiger partial charge in [-0.1, -0.05) is 60.6 Å². The van der Waals surface area contributed by atoms with Crippen LogP contribution in [0.15, 0.2) is 24.3 Å². The minimum Gasteiger partial charge on any atom is -0.391 e. The summed E-state index contributed by atoms with van der Waals surface area (Å²) in [4.78, 5) is 13.3. The van der Waals surface area contributed by atoms with Gasteiger partial charge in [-0.05, 0) is 88.7 Å². The van der Waals surface area contributed by atoms with Crippen LogP contribution in [0.5, 0.6) is 0 Å². The van der Waals surface area contributed by atoms with E-state index in [-0.39, 0.29) is 95.9 Å². The van der Waals surface area contributed by atoms with Gasteiger partial charge in [0.2, 0.25) is 5.91 Å². The molecular weight excluding hydrogens is 746 g/mol. The molecule has 19 atom stereocenters. The Kier molecular flexibility index (Phi) is 12.9. The lowest BCUT2D eigenvalue weighted by Crippen LogP contribution is -2.58. The number of carbonyl (C=O) groups is 1. The van der Waals surface area contributed by atoms with E-state index < -0.39 is 41.1 Å². The Morgan fingerprint density at radius 1 is 0.914 bits per heavy atom. The number of rotatable bonds is 10. The predicted octanol–water partition coefficient (Wildman–Crippen LogP) is 7.40. The van der Waals surface area contributed by atoms with Crippen molar-refractivity contribution in [1.29, 1.82) is 0 Å². The third kappa shape index (κ3) is 8.17. The molecule has 6 aliphatic rings. The lowest BCUT2D eigenvalue weighted by atomic mass is 9.78. The van der Waals surface area contributed by atoms with Crippen LogP contribution < -0.4 is 5.32 Å². The Labute approximate surface area is 345 Å². The number of carbonyl (C=O) groups excluding carboxylic acids is 1. The van der Waals surface area contributed by atoms with Crippen LogP contribution in [-0.4, -0.2) is 101 Å². The molecule has 6 fully saturated rings. The summed E-state index contributed by atoms with van der Waals surface area (Å²) in [6, 6.07) is 6.22. The van der Waals surface area contributed by atoms with Crippen LogP contribution in [0.2, 0.25) is 0 Å². The van der Waals surface area contributed by atoms with Crippen molar-refractivity contribution in [2.24, 2.45) is 41.4 Å². The molecule has 1 aromatic carbocycles. The fourth-order valence-corrected chi connectivity index (χ4v) is 12.1. The van der Waals surface area contributed by atoms with Gasteiger partial charge >= 0.3 is 0 Å². The Hall–Kier alpha value is -1.74. The molecule has 6 aliphatic heterocycles. The maximum absolute atomic E-state index is 14.4. The first-order valence-electron chi connectivity index (χ1n) is 22.3. The minimum absolute atomic E-state index is 0.0304. The molecule has 328 valence electrons. The Morgan fingerprint density at radius 3 is 2.36 bits per heavy atom. The SMILES string of the molecule is COC1C[C@@H](C[C@H]2CC[C@H](C)C([C@@H](C)C(=O)Nc3ccccc3F)O2)O[C@]2(O[C@](C)(C3CC[C@@](C)(C4OC(C5O[C@@](O)(CO)[C@H](C)C[C@@H]5C)C[C@@H]4C)O3)C[C@H]2C)C1C. The Balaban J connectivity index is 1.00. The number of ether oxygens (including phenoxy) is 7. The number of benzene rings is 1. The topological polar surface area (TPSA) is 134 Å². The summed E-state index contributed by atoms with van der Waals surface area (Å²) in [5.74, 6) is -3.20. The highest BCUT2D eigenvalue weighted by Gasteiger charge is 2.65. The van der Waals surface area contributed by atoms with Gasteiger partial charge in [0.05, 0.1) is 78.2 Å². The number of aliphatic hydroxyl groups is 2. The first-order chi connectivity index (χ1) is 27.3. The molecule has 1 spiro atoms. The fraction of sp³-hybridized carbons (Fsp3) is 0.848. The summed E-state index contributed by atoms with van der Waals surface area (Å²) >= 11 is 0. The van der Waals surface area contributed by atoms with E-state index >= 15 is 0 Å². The predicted molar refractivity (Wildman–Crippen MR) is 216 cm³/mol. The lowest BCUT2D eigenvalue weighted by Gasteiger charge is -2.50. The molecule has 6 heterocycles.